The van der Waals surface area contributed by atoms with Crippen LogP contribution in [0.4, 0.5) is 5.69 Å². The molecular weight excluding hydrogens is 266 g/mol. The second-order valence-electron chi connectivity index (χ2n) is 6.79. The van der Waals surface area contributed by atoms with E-state index in [9.17, 15) is 10.1 Å². The minimum atomic E-state index is -0.305. The molecule has 0 spiro atoms. The summed E-state index contributed by atoms with van der Waals surface area (Å²) < 4.78 is 0. The molecule has 116 valence electrons. The van der Waals surface area contributed by atoms with E-state index in [1.165, 1.54) is 25.7 Å². The molecule has 1 aromatic rings. The molecule has 1 aromatic heterocycles. The summed E-state index contributed by atoms with van der Waals surface area (Å²) in [6.07, 6.45) is 6.54. The lowest BCUT2D eigenvalue weighted by atomic mass is 9.73. The monoisotopic (exact) mass is 291 g/mol. The van der Waals surface area contributed by atoms with E-state index in [0.29, 0.717) is 23.7 Å². The third-order valence-electron chi connectivity index (χ3n) is 4.78. The number of rotatable bonds is 4. The summed E-state index contributed by atoms with van der Waals surface area (Å²) in [5.41, 5.74) is 2.57. The van der Waals surface area contributed by atoms with Crippen LogP contribution in [-0.2, 0) is 6.54 Å². The summed E-state index contributed by atoms with van der Waals surface area (Å²) in [6, 6.07) is 0.452. The molecule has 1 aliphatic rings. The Morgan fingerprint density at radius 1 is 1.43 bits per heavy atom. The topological polar surface area (TPSA) is 68.1 Å². The highest BCUT2D eigenvalue weighted by Crippen LogP contribution is 2.35. The van der Waals surface area contributed by atoms with Gasteiger partial charge in [-0.3, -0.25) is 15.1 Å². The molecule has 0 amide bonds. The van der Waals surface area contributed by atoms with Crippen molar-refractivity contribution < 1.29 is 4.92 Å². The minimum absolute atomic E-state index is 0.199. The summed E-state index contributed by atoms with van der Waals surface area (Å²) >= 11 is 0. The van der Waals surface area contributed by atoms with Gasteiger partial charge in [-0.1, -0.05) is 26.7 Å². The Morgan fingerprint density at radius 3 is 2.76 bits per heavy atom. The van der Waals surface area contributed by atoms with Crippen LogP contribution >= 0.6 is 0 Å². The van der Waals surface area contributed by atoms with E-state index in [2.05, 4.69) is 24.1 Å². The molecule has 2 rings (SSSR count). The molecule has 5 heteroatoms. The molecule has 0 saturated heterocycles. The Bertz CT molecular complexity index is 541. The third-order valence-corrected chi connectivity index (χ3v) is 4.78. The first-order valence-electron chi connectivity index (χ1n) is 7.66. The zero-order chi connectivity index (χ0) is 15.6. The van der Waals surface area contributed by atoms with Gasteiger partial charge in [-0.25, -0.2) is 0 Å². The lowest BCUT2D eigenvalue weighted by Crippen LogP contribution is -2.43. The smallest absolute Gasteiger partial charge is 0.278 e. The second kappa shape index (κ2) is 6.10. The molecule has 0 aliphatic heterocycles. The van der Waals surface area contributed by atoms with E-state index in [4.69, 9.17) is 0 Å². The van der Waals surface area contributed by atoms with Crippen molar-refractivity contribution in [3.63, 3.8) is 0 Å². The highest BCUT2D eigenvalue weighted by molar-refractivity contribution is 5.47. The van der Waals surface area contributed by atoms with Gasteiger partial charge in [0.1, 0.15) is 0 Å². The van der Waals surface area contributed by atoms with Crippen molar-refractivity contribution in [2.45, 2.75) is 66.0 Å². The lowest BCUT2D eigenvalue weighted by molar-refractivity contribution is -0.386. The van der Waals surface area contributed by atoms with E-state index < -0.39 is 0 Å². The van der Waals surface area contributed by atoms with Crippen molar-refractivity contribution in [3.8, 4) is 0 Å². The van der Waals surface area contributed by atoms with Crippen LogP contribution in [0, 0.1) is 29.4 Å². The molecule has 1 aliphatic carbocycles. The minimum Gasteiger partial charge on any atom is -0.308 e. The number of nitro groups is 1. The number of aryl methyl sites for hydroxylation is 1. The van der Waals surface area contributed by atoms with Crippen LogP contribution in [0.3, 0.4) is 0 Å². The summed E-state index contributed by atoms with van der Waals surface area (Å²) in [6.45, 7) is 8.71. The van der Waals surface area contributed by atoms with E-state index in [1.807, 2.05) is 0 Å². The Hall–Kier alpha value is -1.49. The second-order valence-corrected chi connectivity index (χ2v) is 6.79. The van der Waals surface area contributed by atoms with Crippen molar-refractivity contribution >= 4 is 5.69 Å². The quantitative estimate of drug-likeness (QED) is 0.679. The summed E-state index contributed by atoms with van der Waals surface area (Å²) in [5.74, 6) is 0. The number of nitrogens with one attached hydrogen (secondary N) is 1. The van der Waals surface area contributed by atoms with Crippen molar-refractivity contribution in [2.24, 2.45) is 5.41 Å². The molecule has 0 radical (unpaired) electrons. The number of nitrogens with zero attached hydrogens (tertiary/aromatic N) is 2. The zero-order valence-corrected chi connectivity index (χ0v) is 13.4. The van der Waals surface area contributed by atoms with Gasteiger partial charge in [-0.05, 0) is 32.1 Å². The fourth-order valence-corrected chi connectivity index (χ4v) is 3.32. The maximum atomic E-state index is 11.2. The van der Waals surface area contributed by atoms with Crippen LogP contribution in [-0.4, -0.2) is 15.9 Å². The average Bonchev–Trinajstić information content (AvgIpc) is 2.38. The van der Waals surface area contributed by atoms with E-state index in [-0.39, 0.29) is 16.0 Å². The molecule has 5 nitrogen and oxygen atoms in total. The molecule has 1 saturated carbocycles. The van der Waals surface area contributed by atoms with E-state index in [0.717, 1.165) is 5.69 Å². The summed E-state index contributed by atoms with van der Waals surface area (Å²) in [5, 5.41) is 14.7. The van der Waals surface area contributed by atoms with Crippen LogP contribution in [0.1, 0.15) is 56.4 Å². The molecule has 1 heterocycles. The predicted octanol–water partition coefficient (Wildman–Crippen LogP) is 3.67. The summed E-state index contributed by atoms with van der Waals surface area (Å²) in [4.78, 5) is 15.2. The van der Waals surface area contributed by atoms with Crippen molar-refractivity contribution in [1.29, 1.82) is 0 Å². The Labute approximate surface area is 126 Å². The van der Waals surface area contributed by atoms with Crippen LogP contribution in [0.5, 0.6) is 0 Å². The van der Waals surface area contributed by atoms with Crippen molar-refractivity contribution in [3.05, 3.63) is 33.1 Å². The molecule has 1 atom stereocenters. The van der Waals surface area contributed by atoms with Crippen LogP contribution in [0.2, 0.25) is 0 Å². The van der Waals surface area contributed by atoms with Gasteiger partial charge >= 0.3 is 0 Å². The lowest BCUT2D eigenvalue weighted by Gasteiger charge is -2.39. The molecule has 1 N–H and O–H groups in total. The Morgan fingerprint density at radius 2 is 2.14 bits per heavy atom. The first-order chi connectivity index (χ1) is 9.83. The van der Waals surface area contributed by atoms with Gasteiger partial charge < -0.3 is 5.32 Å². The maximum absolute atomic E-state index is 11.2. The van der Waals surface area contributed by atoms with Crippen LogP contribution in [0.15, 0.2) is 6.20 Å². The van der Waals surface area contributed by atoms with Gasteiger partial charge in [0.05, 0.1) is 10.6 Å². The molecule has 1 unspecified atom stereocenters. The highest BCUT2D eigenvalue weighted by atomic mass is 16.6. The average molecular weight is 291 g/mol. The van der Waals surface area contributed by atoms with Gasteiger partial charge in [0.25, 0.3) is 5.69 Å². The number of hydrogen-bond donors (Lipinski definition) is 1. The summed E-state index contributed by atoms with van der Waals surface area (Å²) in [7, 11) is 0. The first-order valence-corrected chi connectivity index (χ1v) is 7.66. The van der Waals surface area contributed by atoms with Crippen molar-refractivity contribution in [1.82, 2.24) is 10.3 Å². The van der Waals surface area contributed by atoms with E-state index in [1.54, 1.807) is 20.0 Å². The first kappa shape index (κ1) is 15.9. The maximum Gasteiger partial charge on any atom is 0.278 e. The SMILES string of the molecule is Cc1cnc(CNC2CCCCC2(C)C)c(C)c1[N+](=O)[O-]. The largest absolute Gasteiger partial charge is 0.308 e. The number of aromatic nitrogens is 1. The third kappa shape index (κ3) is 3.40. The fourth-order valence-electron chi connectivity index (χ4n) is 3.32. The number of hydrogen-bond acceptors (Lipinski definition) is 4. The number of pyridine rings is 1. The Kier molecular flexibility index (Phi) is 4.61. The van der Waals surface area contributed by atoms with Gasteiger partial charge in [0, 0.05) is 29.9 Å². The van der Waals surface area contributed by atoms with Gasteiger partial charge in [-0.15, -0.1) is 0 Å². The van der Waals surface area contributed by atoms with Gasteiger partial charge in [-0.2, -0.15) is 0 Å². The zero-order valence-electron chi connectivity index (χ0n) is 13.4. The standard InChI is InChI=1S/C16H25N3O2/c1-11-9-17-13(12(2)15(11)19(20)21)10-18-14-7-5-6-8-16(14,3)4/h9,14,18H,5-8,10H2,1-4H3. The highest BCUT2D eigenvalue weighted by Gasteiger charge is 2.32. The predicted molar refractivity (Wildman–Crippen MR) is 83.2 cm³/mol. The van der Waals surface area contributed by atoms with Gasteiger partial charge in [0.2, 0.25) is 0 Å². The van der Waals surface area contributed by atoms with Crippen molar-refractivity contribution in [2.75, 3.05) is 0 Å². The molecule has 0 aromatic carbocycles. The molecule has 0 bridgehead atoms. The Balaban J connectivity index is 2.14. The molecular formula is C16H25N3O2. The van der Waals surface area contributed by atoms with Crippen LogP contribution < -0.4 is 5.32 Å². The molecule has 1 fully saturated rings. The van der Waals surface area contributed by atoms with Crippen LogP contribution in [0.25, 0.3) is 0 Å². The fraction of sp³-hybridized carbons (Fsp3) is 0.688. The normalized spacial score (nSPS) is 21.2. The van der Waals surface area contributed by atoms with E-state index >= 15 is 0 Å². The molecule has 21 heavy (non-hydrogen) atoms. The van der Waals surface area contributed by atoms with Gasteiger partial charge in [0.15, 0.2) is 0 Å².